The van der Waals surface area contributed by atoms with E-state index in [0.29, 0.717) is 16.3 Å². The van der Waals surface area contributed by atoms with Crippen molar-refractivity contribution < 1.29 is 31.5 Å². The second kappa shape index (κ2) is 8.26. The van der Waals surface area contributed by atoms with E-state index in [1.54, 1.807) is 7.05 Å². The number of anilines is 1. The average molecular weight is 507 g/mol. The maximum Gasteiger partial charge on any atom is 0.418 e. The predicted molar refractivity (Wildman–Crippen MR) is 122 cm³/mol. The highest BCUT2D eigenvalue weighted by Gasteiger charge is 2.47. The van der Waals surface area contributed by atoms with Crippen LogP contribution in [-0.2, 0) is 11.8 Å². The number of allylic oxidation sites excluding steroid dienone is 3. The van der Waals surface area contributed by atoms with E-state index in [1.165, 1.54) is 35.8 Å². The Balaban J connectivity index is 1.54. The number of hydrogen-bond acceptors (Lipinski definition) is 5. The van der Waals surface area contributed by atoms with Crippen LogP contribution in [0.1, 0.15) is 17.3 Å². The molecular formula is C24H22F5N5O2. The van der Waals surface area contributed by atoms with Crippen LogP contribution in [0.4, 0.5) is 27.8 Å². The molecule has 1 aliphatic carbocycles. The van der Waals surface area contributed by atoms with Gasteiger partial charge in [-0.3, -0.25) is 9.48 Å². The Labute approximate surface area is 202 Å². The van der Waals surface area contributed by atoms with Crippen LogP contribution in [0, 0.1) is 17.7 Å². The van der Waals surface area contributed by atoms with Gasteiger partial charge in [-0.25, -0.2) is 13.8 Å². The number of nitrogens with zero attached hydrogens (tertiary/aromatic N) is 4. The standard InChI is InChI=1S/C24H22F5N5O2/c1-10-4-15(24(27,28)29)20(26)14-8-36-9-18(19(10)14)33(2)23(35)12-5-11-13-7-31-34(3)21(13)22(30)32-17(11)6-16(12)25/h4-7,10,18-19H,8-9H2,1-3H3,(H2,30,32)/t10?,18-,19?/m1/s1. The first-order valence-electron chi connectivity index (χ1n) is 11.1. The summed E-state index contributed by atoms with van der Waals surface area (Å²) < 4.78 is 76.9. The monoisotopic (exact) mass is 507 g/mol. The summed E-state index contributed by atoms with van der Waals surface area (Å²) in [6.07, 6.45) is -2.48. The number of hydrogen-bond donors (Lipinski definition) is 1. The minimum atomic E-state index is -4.85. The fourth-order valence-corrected chi connectivity index (χ4v) is 5.28. The summed E-state index contributed by atoms with van der Waals surface area (Å²) in [6, 6.07) is 1.64. The molecule has 1 saturated heterocycles. The summed E-state index contributed by atoms with van der Waals surface area (Å²) in [4.78, 5) is 18.9. The van der Waals surface area contributed by atoms with Crippen molar-refractivity contribution in [1.82, 2.24) is 19.7 Å². The molecule has 2 N–H and O–H groups in total. The van der Waals surface area contributed by atoms with E-state index >= 15 is 4.39 Å². The van der Waals surface area contributed by atoms with E-state index in [4.69, 9.17) is 10.5 Å². The number of aromatic nitrogens is 3. The minimum Gasteiger partial charge on any atom is -0.382 e. The zero-order valence-electron chi connectivity index (χ0n) is 19.5. The van der Waals surface area contributed by atoms with Crippen LogP contribution in [-0.4, -0.2) is 58.1 Å². The first-order valence-corrected chi connectivity index (χ1v) is 11.1. The molecule has 3 aromatic rings. The number of nitrogen functional groups attached to an aromatic ring is 1. The van der Waals surface area contributed by atoms with Crippen LogP contribution in [0.15, 0.2) is 41.4 Å². The summed E-state index contributed by atoms with van der Waals surface area (Å²) in [5.41, 5.74) is 4.99. The number of pyridine rings is 1. The Morgan fingerprint density at radius 3 is 2.67 bits per heavy atom. The lowest BCUT2D eigenvalue weighted by Crippen LogP contribution is -2.51. The summed E-state index contributed by atoms with van der Waals surface area (Å²) in [5.74, 6) is -4.28. The van der Waals surface area contributed by atoms with Crippen LogP contribution in [0.5, 0.6) is 0 Å². The molecule has 2 aromatic heterocycles. The van der Waals surface area contributed by atoms with Gasteiger partial charge in [0.15, 0.2) is 0 Å². The van der Waals surface area contributed by atoms with Crippen molar-refractivity contribution in [2.45, 2.75) is 19.1 Å². The molecule has 0 spiro atoms. The molecule has 1 aliphatic heterocycles. The molecule has 2 unspecified atom stereocenters. The van der Waals surface area contributed by atoms with Gasteiger partial charge in [-0.1, -0.05) is 13.0 Å². The smallest absolute Gasteiger partial charge is 0.382 e. The molecule has 3 atom stereocenters. The van der Waals surface area contributed by atoms with E-state index in [9.17, 15) is 22.4 Å². The maximum absolute atomic E-state index is 15.1. The van der Waals surface area contributed by atoms with E-state index < -0.39 is 47.2 Å². The quantitative estimate of drug-likeness (QED) is 0.523. The van der Waals surface area contributed by atoms with Crippen molar-refractivity contribution in [1.29, 1.82) is 0 Å². The number of fused-ring (bicyclic) bond motifs is 4. The molecule has 2 aliphatic rings. The Hall–Kier alpha value is -3.54. The van der Waals surface area contributed by atoms with E-state index in [1.807, 2.05) is 0 Å². The molecule has 0 saturated carbocycles. The molecule has 5 rings (SSSR count). The van der Waals surface area contributed by atoms with Crippen LogP contribution in [0.2, 0.25) is 0 Å². The Kier molecular flexibility index (Phi) is 5.54. The molecule has 0 bridgehead atoms. The van der Waals surface area contributed by atoms with Crippen LogP contribution in [0.25, 0.3) is 21.8 Å². The number of ether oxygens (including phenoxy) is 1. The molecule has 3 heterocycles. The molecule has 1 fully saturated rings. The third kappa shape index (κ3) is 3.62. The predicted octanol–water partition coefficient (Wildman–Crippen LogP) is 4.29. The van der Waals surface area contributed by atoms with Gasteiger partial charge < -0.3 is 15.4 Å². The average Bonchev–Trinajstić information content (AvgIpc) is 3.21. The minimum absolute atomic E-state index is 0.0383. The fraction of sp³-hybridized carbons (Fsp3) is 0.375. The molecule has 1 amide bonds. The molecule has 7 nitrogen and oxygen atoms in total. The number of carbonyl (C=O) groups excluding carboxylic acids is 1. The van der Waals surface area contributed by atoms with E-state index in [2.05, 4.69) is 10.1 Å². The lowest BCUT2D eigenvalue weighted by Gasteiger charge is -2.43. The summed E-state index contributed by atoms with van der Waals surface area (Å²) >= 11 is 0. The van der Waals surface area contributed by atoms with Gasteiger partial charge in [0.1, 0.15) is 23.0 Å². The van der Waals surface area contributed by atoms with Gasteiger partial charge in [0.25, 0.3) is 5.91 Å². The Bertz CT molecular complexity index is 1480. The van der Waals surface area contributed by atoms with Gasteiger partial charge in [0, 0.05) is 36.9 Å². The van der Waals surface area contributed by atoms with Crippen molar-refractivity contribution >= 4 is 33.5 Å². The SMILES string of the molecule is CC1C=C(C(F)(F)F)C(F)=C2COC[C@@H](N(C)C(=O)c3cc4c(cc3F)nc(N)c3c4cnn3C)C21. The topological polar surface area (TPSA) is 86.3 Å². The van der Waals surface area contributed by atoms with Crippen molar-refractivity contribution in [3.63, 3.8) is 0 Å². The van der Waals surface area contributed by atoms with Gasteiger partial charge in [-0.2, -0.15) is 18.3 Å². The number of nitrogens with two attached hydrogens (primary N) is 1. The summed E-state index contributed by atoms with van der Waals surface area (Å²) in [5, 5.41) is 5.20. The Morgan fingerprint density at radius 1 is 1.25 bits per heavy atom. The highest BCUT2D eigenvalue weighted by molar-refractivity contribution is 6.10. The van der Waals surface area contributed by atoms with Gasteiger partial charge in [0.2, 0.25) is 0 Å². The maximum atomic E-state index is 15.1. The second-order valence-electron chi connectivity index (χ2n) is 9.18. The van der Waals surface area contributed by atoms with Gasteiger partial charge in [-0.15, -0.1) is 0 Å². The van der Waals surface area contributed by atoms with Crippen LogP contribution >= 0.6 is 0 Å². The van der Waals surface area contributed by atoms with Gasteiger partial charge >= 0.3 is 6.18 Å². The first kappa shape index (κ1) is 24.2. The molecule has 12 heteroatoms. The number of benzene rings is 1. The largest absolute Gasteiger partial charge is 0.418 e. The number of rotatable bonds is 2. The summed E-state index contributed by atoms with van der Waals surface area (Å²) in [7, 11) is 3.07. The van der Waals surface area contributed by atoms with E-state index in [0.717, 1.165) is 12.1 Å². The van der Waals surface area contributed by atoms with Crippen molar-refractivity contribution in [2.75, 3.05) is 26.0 Å². The van der Waals surface area contributed by atoms with Gasteiger partial charge in [-0.05, 0) is 17.6 Å². The lowest BCUT2D eigenvalue weighted by atomic mass is 9.74. The number of alkyl halides is 3. The number of aryl methyl sites for hydroxylation is 1. The van der Waals surface area contributed by atoms with Crippen molar-refractivity contribution in [3.8, 4) is 0 Å². The summed E-state index contributed by atoms with van der Waals surface area (Å²) in [6.45, 7) is 1.18. The van der Waals surface area contributed by atoms with Crippen LogP contribution < -0.4 is 5.73 Å². The van der Waals surface area contributed by atoms with Gasteiger partial charge in [0.05, 0.1) is 42.1 Å². The molecule has 1 aromatic carbocycles. The number of carbonyl (C=O) groups is 1. The van der Waals surface area contributed by atoms with Crippen LogP contribution in [0.3, 0.4) is 0 Å². The number of amides is 1. The highest BCUT2D eigenvalue weighted by atomic mass is 19.4. The molecule has 36 heavy (non-hydrogen) atoms. The van der Waals surface area contributed by atoms with Crippen molar-refractivity contribution in [3.05, 3.63) is 52.8 Å². The zero-order valence-corrected chi connectivity index (χ0v) is 19.5. The fourth-order valence-electron chi connectivity index (χ4n) is 5.28. The second-order valence-corrected chi connectivity index (χ2v) is 9.18. The highest BCUT2D eigenvalue weighted by Crippen LogP contribution is 2.45. The number of likely N-dealkylation sites (N-methyl/N-ethyl adjacent to an activating group) is 1. The number of halogens is 5. The molecule has 190 valence electrons. The van der Waals surface area contributed by atoms with Crippen molar-refractivity contribution in [2.24, 2.45) is 18.9 Å². The first-order chi connectivity index (χ1) is 16.9. The normalized spacial score (nSPS) is 22.7. The third-order valence-corrected chi connectivity index (χ3v) is 7.03. The molecular weight excluding hydrogens is 485 g/mol. The third-order valence-electron chi connectivity index (χ3n) is 7.03. The zero-order chi connectivity index (χ0) is 26.1. The lowest BCUT2D eigenvalue weighted by molar-refractivity contribution is -0.0933. The molecule has 0 radical (unpaired) electrons. The Morgan fingerprint density at radius 2 is 1.97 bits per heavy atom. The van der Waals surface area contributed by atoms with E-state index in [-0.39, 0.29) is 35.7 Å².